The van der Waals surface area contributed by atoms with Crippen molar-refractivity contribution in [3.63, 3.8) is 0 Å². The molecule has 0 aliphatic heterocycles. The number of nitrogens with zero attached hydrogens (tertiary/aromatic N) is 4. The van der Waals surface area contributed by atoms with Crippen molar-refractivity contribution < 1.29 is 33.1 Å². The van der Waals surface area contributed by atoms with E-state index in [0.717, 1.165) is 71.8 Å². The van der Waals surface area contributed by atoms with Crippen molar-refractivity contribution in [3.05, 3.63) is 176 Å². The Morgan fingerprint density at radius 1 is 0.695 bits per heavy atom. The van der Waals surface area contributed by atoms with Crippen molar-refractivity contribution in [2.45, 2.75) is 26.5 Å². The van der Waals surface area contributed by atoms with Gasteiger partial charge in [-0.3, -0.25) is 4.98 Å². The predicted octanol–water partition coefficient (Wildman–Crippen LogP) is 12.8. The Morgan fingerprint density at radius 2 is 1.49 bits per heavy atom. The first kappa shape index (κ1) is 34.6. The summed E-state index contributed by atoms with van der Waals surface area (Å²) in [6.45, 7) is 4.81. The van der Waals surface area contributed by atoms with E-state index in [2.05, 4.69) is 70.6 Å². The van der Waals surface area contributed by atoms with Gasteiger partial charge in [0, 0.05) is 52.8 Å². The third-order valence-electron chi connectivity index (χ3n) is 10.5. The van der Waals surface area contributed by atoms with Crippen LogP contribution in [0.5, 0.6) is 0 Å². The fourth-order valence-corrected chi connectivity index (χ4v) is 8.63. The Morgan fingerprint density at radius 3 is 2.29 bits per heavy atom. The molecule has 5 heterocycles. The van der Waals surface area contributed by atoms with Crippen LogP contribution in [-0.2, 0) is 20.1 Å². The number of aromatic nitrogens is 4. The second kappa shape index (κ2) is 15.4. The molecule has 1 radical (unpaired) electrons. The van der Waals surface area contributed by atoms with E-state index in [1.165, 1.54) is 5.19 Å². The Labute approximate surface area is 360 Å². The summed E-state index contributed by atoms with van der Waals surface area (Å²) in [5.41, 5.74) is 9.99. The molecule has 11 aromatic rings. The zero-order valence-electron chi connectivity index (χ0n) is 35.4. The van der Waals surface area contributed by atoms with Crippen molar-refractivity contribution in [1.82, 2.24) is 19.5 Å². The van der Waals surface area contributed by atoms with Crippen LogP contribution in [-0.4, -0.2) is 27.6 Å². The number of rotatable bonds is 5. The molecule has 0 spiro atoms. The van der Waals surface area contributed by atoms with E-state index in [9.17, 15) is 0 Å². The van der Waals surface area contributed by atoms with E-state index in [1.54, 1.807) is 18.3 Å². The summed E-state index contributed by atoms with van der Waals surface area (Å²) in [6, 6.07) is 53.9. The number of hydrogen-bond acceptors (Lipinski definition) is 5. The third kappa shape index (κ3) is 6.89. The standard InChI is InChI=1S/C37H22N3O2.C14H16NSi.Ir/c1-22-15-17-23(18-16-22)24-19-20-28(35-33(24)27-10-7-21-38-37(27)42-35)36-39-29-11-3-4-12-30(29)40(36)31-13-6-9-26-25-8-2-5-14-32(25)41-34(26)31;1-16(2,3)13-9-10-14(15-11-13)12-7-5-4-6-8-12;/h2-19,21H,1H3;4-7,9-11H,1-3H3;/q2*-1;/i1D3;;. The van der Waals surface area contributed by atoms with Gasteiger partial charge in [0.25, 0.3) is 0 Å². The van der Waals surface area contributed by atoms with Gasteiger partial charge in [-0.1, -0.05) is 121 Å². The second-order valence-corrected chi connectivity index (χ2v) is 20.4. The summed E-state index contributed by atoms with van der Waals surface area (Å²) < 4.78 is 38.4. The summed E-state index contributed by atoms with van der Waals surface area (Å²) in [4.78, 5) is 14.2. The Balaban J connectivity index is 0.000000244. The maximum Gasteiger partial charge on any atom is 0.216 e. The Kier molecular flexibility index (Phi) is 9.02. The molecular formula is C51H38IrN4O2Si-2. The number of furan rings is 2. The number of hydrogen-bond donors (Lipinski definition) is 0. The van der Waals surface area contributed by atoms with Crippen molar-refractivity contribution >= 4 is 68.3 Å². The fourth-order valence-electron chi connectivity index (χ4n) is 7.60. The first-order chi connectivity index (χ1) is 29.5. The average molecular weight is 962 g/mol. The van der Waals surface area contributed by atoms with Gasteiger partial charge in [-0.2, -0.15) is 0 Å². The van der Waals surface area contributed by atoms with Crippen LogP contribution in [0.4, 0.5) is 0 Å². The number of pyridine rings is 2. The average Bonchev–Trinajstić information content (AvgIpc) is 3.98. The van der Waals surface area contributed by atoms with Gasteiger partial charge in [0.1, 0.15) is 5.58 Å². The van der Waals surface area contributed by atoms with Crippen molar-refractivity contribution in [1.29, 1.82) is 0 Å². The molecule has 0 fully saturated rings. The van der Waals surface area contributed by atoms with Crippen molar-refractivity contribution in [2.75, 3.05) is 0 Å². The van der Waals surface area contributed by atoms with Gasteiger partial charge in [0.15, 0.2) is 5.58 Å². The topological polar surface area (TPSA) is 69.9 Å². The van der Waals surface area contributed by atoms with Gasteiger partial charge in [0.2, 0.25) is 5.71 Å². The van der Waals surface area contributed by atoms with Crippen LogP contribution < -0.4 is 5.19 Å². The smallest absolute Gasteiger partial charge is 0.216 e. The monoisotopic (exact) mass is 962 g/mol. The molecule has 0 amide bonds. The molecular weight excluding hydrogens is 921 g/mol. The molecule has 0 N–H and O–H groups in total. The van der Waals surface area contributed by atoms with Gasteiger partial charge in [-0.05, 0) is 59.5 Å². The zero-order valence-corrected chi connectivity index (χ0v) is 35.8. The first-order valence-electron chi connectivity index (χ1n) is 20.7. The van der Waals surface area contributed by atoms with Gasteiger partial charge in [-0.15, -0.1) is 48.0 Å². The molecule has 6 nitrogen and oxygen atoms in total. The van der Waals surface area contributed by atoms with E-state index in [-0.39, 0.29) is 25.7 Å². The Hall–Kier alpha value is -6.44. The molecule has 0 saturated carbocycles. The predicted molar refractivity (Wildman–Crippen MR) is 239 cm³/mol. The molecule has 11 rings (SSSR count). The molecule has 289 valence electrons. The zero-order chi connectivity index (χ0) is 41.9. The van der Waals surface area contributed by atoms with Crippen LogP contribution in [0.2, 0.25) is 19.6 Å². The molecule has 0 aliphatic carbocycles. The minimum atomic E-state index is -2.18. The van der Waals surface area contributed by atoms with Crippen molar-refractivity contribution in [3.8, 4) is 39.5 Å². The molecule has 5 aromatic heterocycles. The quantitative estimate of drug-likeness (QED) is 0.127. The minimum Gasteiger partial charge on any atom is -0.486 e. The van der Waals surface area contributed by atoms with E-state index in [1.807, 2.05) is 115 Å². The van der Waals surface area contributed by atoms with E-state index >= 15 is 0 Å². The number of para-hydroxylation sites is 4. The molecule has 6 aromatic carbocycles. The second-order valence-electron chi connectivity index (χ2n) is 15.3. The molecule has 0 unspecified atom stereocenters. The Bertz CT molecular complexity index is 3390. The van der Waals surface area contributed by atoms with Gasteiger partial charge in [0.05, 0.1) is 36.2 Å². The van der Waals surface area contributed by atoms with Crippen LogP contribution in [0, 0.1) is 19.0 Å². The number of imidazole rings is 1. The van der Waals surface area contributed by atoms with Crippen LogP contribution in [0.1, 0.15) is 9.68 Å². The number of benzene rings is 6. The van der Waals surface area contributed by atoms with Crippen molar-refractivity contribution in [2.24, 2.45) is 0 Å². The van der Waals surface area contributed by atoms with Gasteiger partial charge in [-0.25, -0.2) is 4.98 Å². The number of aryl methyl sites for hydroxylation is 1. The fraction of sp³-hybridized carbons (Fsp3) is 0.0784. The molecule has 0 aliphatic rings. The minimum absolute atomic E-state index is 0. The van der Waals surface area contributed by atoms with Crippen LogP contribution in [0.25, 0.3) is 94.5 Å². The van der Waals surface area contributed by atoms with Crippen LogP contribution in [0.15, 0.2) is 167 Å². The normalized spacial score (nSPS) is 12.6. The summed E-state index contributed by atoms with van der Waals surface area (Å²) in [5, 5.41) is 5.16. The third-order valence-corrected chi connectivity index (χ3v) is 12.6. The summed E-state index contributed by atoms with van der Waals surface area (Å²) in [7, 11) is -1.23. The van der Waals surface area contributed by atoms with E-state index < -0.39 is 14.9 Å². The first-order valence-corrected chi connectivity index (χ1v) is 22.7. The molecule has 0 bridgehead atoms. The summed E-state index contributed by atoms with van der Waals surface area (Å²) in [6.07, 6.45) is 3.72. The maximum absolute atomic E-state index is 7.79. The summed E-state index contributed by atoms with van der Waals surface area (Å²) in [5.74, 6) is 0.650. The summed E-state index contributed by atoms with van der Waals surface area (Å²) >= 11 is 0. The molecule has 59 heavy (non-hydrogen) atoms. The maximum atomic E-state index is 7.79. The van der Waals surface area contributed by atoms with Crippen LogP contribution in [0.3, 0.4) is 0 Å². The van der Waals surface area contributed by atoms with E-state index in [0.29, 0.717) is 22.7 Å². The SMILES string of the molecule is C[Si](C)(C)c1ccc(-c2[c-]cccc2)nc1.[2H]C([2H])([2H])c1ccc(-c2c[c-]c(-c3nc4ccccc4n3-c3cccc4c3oc3ccccc34)c3oc4ncccc4c23)cc1.[Ir]. The molecule has 8 heteroatoms. The van der Waals surface area contributed by atoms with Crippen LogP contribution >= 0.6 is 0 Å². The molecule has 0 atom stereocenters. The van der Waals surface area contributed by atoms with E-state index in [4.69, 9.17) is 17.9 Å². The van der Waals surface area contributed by atoms with Gasteiger partial charge >= 0.3 is 0 Å². The van der Waals surface area contributed by atoms with Gasteiger partial charge < -0.3 is 18.4 Å². The largest absolute Gasteiger partial charge is 0.486 e. The number of fused-ring (bicyclic) bond motifs is 7. The molecule has 0 saturated heterocycles.